The second-order valence-corrected chi connectivity index (χ2v) is 8.50. The number of carbonyl (C=O) groups excluding carboxylic acids is 1. The summed E-state index contributed by atoms with van der Waals surface area (Å²) in [6.45, 7) is 12.0. The predicted molar refractivity (Wildman–Crippen MR) is 111 cm³/mol. The Bertz CT molecular complexity index is 508. The lowest BCUT2D eigenvalue weighted by Crippen LogP contribution is -2.58. The average molecular weight is 464 g/mol. The van der Waals surface area contributed by atoms with Crippen molar-refractivity contribution in [3.63, 3.8) is 0 Å². The van der Waals surface area contributed by atoms with E-state index in [4.69, 9.17) is 9.73 Å². The monoisotopic (exact) mass is 464 g/mol. The van der Waals surface area contributed by atoms with Crippen LogP contribution in [-0.2, 0) is 4.74 Å². The molecule has 2 heterocycles. The molecule has 144 valence electrons. The molecule has 1 atom stereocenters. The first-order valence-electron chi connectivity index (χ1n) is 9.35. The van der Waals surface area contributed by atoms with Crippen LogP contribution in [0.4, 0.5) is 4.79 Å². The Balaban J connectivity index is 0.00000225. The van der Waals surface area contributed by atoms with Crippen LogP contribution in [-0.4, -0.2) is 66.2 Å². The van der Waals surface area contributed by atoms with Crippen molar-refractivity contribution < 1.29 is 9.53 Å². The van der Waals surface area contributed by atoms with Gasteiger partial charge in [-0.25, -0.2) is 4.79 Å². The molecule has 2 aliphatic heterocycles. The maximum atomic E-state index is 12.3. The molecule has 1 saturated heterocycles. The van der Waals surface area contributed by atoms with Crippen LogP contribution in [0.25, 0.3) is 0 Å². The Hall–Kier alpha value is -0.730. The van der Waals surface area contributed by atoms with E-state index in [9.17, 15) is 4.79 Å². The highest BCUT2D eigenvalue weighted by molar-refractivity contribution is 14.0. The second-order valence-electron chi connectivity index (χ2n) is 8.50. The summed E-state index contributed by atoms with van der Waals surface area (Å²) < 4.78 is 5.50. The van der Waals surface area contributed by atoms with Gasteiger partial charge in [0.25, 0.3) is 0 Å². The molecule has 0 spiro atoms. The average Bonchev–Trinajstić information content (AvgIpc) is 2.87. The molecule has 25 heavy (non-hydrogen) atoms. The molecule has 0 aromatic rings. The summed E-state index contributed by atoms with van der Waals surface area (Å²) in [5.74, 6) is 1.03. The van der Waals surface area contributed by atoms with E-state index in [0.29, 0.717) is 18.5 Å². The second kappa shape index (κ2) is 7.88. The van der Waals surface area contributed by atoms with Crippen molar-refractivity contribution in [2.24, 2.45) is 10.4 Å². The van der Waals surface area contributed by atoms with Gasteiger partial charge in [0.2, 0.25) is 0 Å². The molecule has 0 aromatic carbocycles. The van der Waals surface area contributed by atoms with Gasteiger partial charge in [-0.2, -0.15) is 0 Å². The number of hydrogen-bond donors (Lipinski definition) is 1. The zero-order valence-electron chi connectivity index (χ0n) is 16.0. The molecule has 1 aliphatic carbocycles. The van der Waals surface area contributed by atoms with E-state index in [1.54, 1.807) is 0 Å². The third kappa shape index (κ3) is 4.71. The summed E-state index contributed by atoms with van der Waals surface area (Å²) >= 11 is 0. The molecule has 1 N–H and O–H groups in total. The molecule has 3 rings (SSSR count). The molecule has 1 saturated carbocycles. The molecular weight excluding hydrogens is 431 g/mol. The Morgan fingerprint density at radius 2 is 2.08 bits per heavy atom. The summed E-state index contributed by atoms with van der Waals surface area (Å²) in [5, 5.41) is 3.60. The van der Waals surface area contributed by atoms with Gasteiger partial charge in [-0.1, -0.05) is 13.3 Å². The van der Waals surface area contributed by atoms with Crippen molar-refractivity contribution in [3.05, 3.63) is 0 Å². The molecule has 0 bridgehead atoms. The lowest BCUT2D eigenvalue weighted by Gasteiger charge is -2.43. The highest BCUT2D eigenvalue weighted by atomic mass is 127. The summed E-state index contributed by atoms with van der Waals surface area (Å²) in [6.07, 6.45) is 5.06. The summed E-state index contributed by atoms with van der Waals surface area (Å²) in [6, 6.07) is 0.285. The van der Waals surface area contributed by atoms with Gasteiger partial charge in [-0.05, 0) is 45.4 Å². The van der Waals surface area contributed by atoms with Crippen LogP contribution in [0.3, 0.4) is 0 Å². The molecule has 7 heteroatoms. The summed E-state index contributed by atoms with van der Waals surface area (Å²) in [7, 11) is 0. The van der Waals surface area contributed by atoms with Gasteiger partial charge in [0, 0.05) is 26.2 Å². The highest BCUT2D eigenvalue weighted by Gasteiger charge is 2.39. The van der Waals surface area contributed by atoms with Crippen LogP contribution < -0.4 is 5.32 Å². The number of carbonyl (C=O) groups is 1. The fourth-order valence-electron chi connectivity index (χ4n) is 3.82. The van der Waals surface area contributed by atoms with Gasteiger partial charge in [0.05, 0.1) is 12.6 Å². The van der Waals surface area contributed by atoms with Crippen molar-refractivity contribution >= 4 is 36.0 Å². The molecule has 2 fully saturated rings. The normalized spacial score (nSPS) is 24.6. The first-order valence-corrected chi connectivity index (χ1v) is 9.35. The largest absolute Gasteiger partial charge is 0.444 e. The van der Waals surface area contributed by atoms with Crippen molar-refractivity contribution in [3.8, 4) is 0 Å². The van der Waals surface area contributed by atoms with Gasteiger partial charge >= 0.3 is 6.09 Å². The van der Waals surface area contributed by atoms with E-state index in [1.165, 1.54) is 25.7 Å². The first kappa shape index (κ1) is 20.6. The van der Waals surface area contributed by atoms with Gasteiger partial charge in [0.1, 0.15) is 5.60 Å². The minimum Gasteiger partial charge on any atom is -0.444 e. The minimum absolute atomic E-state index is 0. The number of rotatable bonds is 3. The lowest BCUT2D eigenvalue weighted by molar-refractivity contribution is 0.0136. The number of aliphatic imine (C=N–C) groups is 1. The van der Waals surface area contributed by atoms with Crippen LogP contribution in [0.1, 0.15) is 53.4 Å². The van der Waals surface area contributed by atoms with E-state index >= 15 is 0 Å². The summed E-state index contributed by atoms with van der Waals surface area (Å²) in [5.41, 5.74) is 0.0449. The highest BCUT2D eigenvalue weighted by Crippen LogP contribution is 2.43. The van der Waals surface area contributed by atoms with Gasteiger partial charge in [-0.15, -0.1) is 24.0 Å². The number of nitrogens with one attached hydrogen (secondary N) is 1. The standard InChI is InChI=1S/C18H32N4O2.HI/c1-5-18(7-6-8-18)13-20-15-19-11-14-12-21(9-10-22(14)15)16(23)24-17(2,3)4;/h14H,5-13H2,1-4H3,(H,19,20);1H. The van der Waals surface area contributed by atoms with Crippen LogP contribution in [0.15, 0.2) is 4.99 Å². The van der Waals surface area contributed by atoms with E-state index < -0.39 is 5.60 Å². The third-order valence-corrected chi connectivity index (χ3v) is 5.64. The van der Waals surface area contributed by atoms with E-state index in [1.807, 2.05) is 25.7 Å². The van der Waals surface area contributed by atoms with Crippen LogP contribution in [0.2, 0.25) is 0 Å². The van der Waals surface area contributed by atoms with E-state index in [2.05, 4.69) is 17.1 Å². The third-order valence-electron chi connectivity index (χ3n) is 5.64. The fourth-order valence-corrected chi connectivity index (χ4v) is 3.82. The molecule has 3 aliphatic rings. The molecule has 1 unspecified atom stereocenters. The molecule has 0 radical (unpaired) electrons. The minimum atomic E-state index is -0.440. The number of ether oxygens (including phenoxy) is 1. The van der Waals surface area contributed by atoms with Gasteiger partial charge in [-0.3, -0.25) is 4.99 Å². The van der Waals surface area contributed by atoms with Crippen molar-refractivity contribution in [1.82, 2.24) is 15.1 Å². The Labute approximate surface area is 168 Å². The number of nitrogens with zero attached hydrogens (tertiary/aromatic N) is 3. The zero-order chi connectivity index (χ0) is 17.4. The number of amides is 1. The van der Waals surface area contributed by atoms with Crippen molar-refractivity contribution in [2.45, 2.75) is 65.0 Å². The summed E-state index contributed by atoms with van der Waals surface area (Å²) in [4.78, 5) is 21.1. The Morgan fingerprint density at radius 3 is 2.64 bits per heavy atom. The Kier molecular flexibility index (Phi) is 6.49. The van der Waals surface area contributed by atoms with Crippen molar-refractivity contribution in [2.75, 3.05) is 32.7 Å². The topological polar surface area (TPSA) is 57.2 Å². The number of hydrogen-bond acceptors (Lipinski definition) is 5. The fraction of sp³-hybridized carbons (Fsp3) is 0.889. The maximum Gasteiger partial charge on any atom is 0.410 e. The molecule has 0 aromatic heterocycles. The molecular formula is C18H33IN4O2. The number of piperazine rings is 1. The molecule has 1 amide bonds. The lowest BCUT2D eigenvalue weighted by atomic mass is 9.67. The zero-order valence-corrected chi connectivity index (χ0v) is 18.3. The molecule has 6 nitrogen and oxygen atoms in total. The van der Waals surface area contributed by atoms with E-state index in [0.717, 1.165) is 25.6 Å². The maximum absolute atomic E-state index is 12.3. The van der Waals surface area contributed by atoms with Gasteiger partial charge in [0.15, 0.2) is 5.96 Å². The van der Waals surface area contributed by atoms with Crippen LogP contribution in [0, 0.1) is 5.41 Å². The number of halogens is 1. The van der Waals surface area contributed by atoms with Crippen LogP contribution >= 0.6 is 24.0 Å². The van der Waals surface area contributed by atoms with E-state index in [-0.39, 0.29) is 36.1 Å². The number of fused-ring (bicyclic) bond motifs is 1. The SMILES string of the molecule is CCC1(CNC2=NCC3CN(C(=O)OC(C)(C)C)CCN23)CCC1.I. The smallest absolute Gasteiger partial charge is 0.410 e. The van der Waals surface area contributed by atoms with Gasteiger partial charge < -0.3 is 19.9 Å². The van der Waals surface area contributed by atoms with Crippen LogP contribution in [0.5, 0.6) is 0 Å². The first-order chi connectivity index (χ1) is 11.3. The predicted octanol–water partition coefficient (Wildman–Crippen LogP) is 3.07. The number of guanidine groups is 1. The Morgan fingerprint density at radius 1 is 1.36 bits per heavy atom. The van der Waals surface area contributed by atoms with Crippen molar-refractivity contribution in [1.29, 1.82) is 0 Å². The quantitative estimate of drug-likeness (QED) is 0.653.